The molecule has 0 aromatic heterocycles. The van der Waals surface area contributed by atoms with E-state index in [1.54, 1.807) is 19.1 Å². The molecule has 0 spiro atoms. The van der Waals surface area contributed by atoms with E-state index in [9.17, 15) is 9.90 Å². The third-order valence-electron chi connectivity index (χ3n) is 3.61. The van der Waals surface area contributed by atoms with Gasteiger partial charge in [-0.3, -0.25) is 0 Å². The second kappa shape index (κ2) is 6.01. The van der Waals surface area contributed by atoms with Crippen molar-refractivity contribution in [2.75, 3.05) is 6.61 Å². The molecule has 0 bridgehead atoms. The summed E-state index contributed by atoms with van der Waals surface area (Å²) in [5.74, 6) is 0.0675. The molecule has 1 aliphatic carbocycles. The molecule has 0 saturated heterocycles. The van der Waals surface area contributed by atoms with E-state index in [0.717, 1.165) is 18.4 Å². The van der Waals surface area contributed by atoms with Gasteiger partial charge in [0, 0.05) is 0 Å². The Morgan fingerprint density at radius 1 is 1.33 bits per heavy atom. The number of hydrogen-bond donors (Lipinski definition) is 1. The quantitative estimate of drug-likeness (QED) is 0.833. The average molecular weight is 248 g/mol. The highest BCUT2D eigenvalue weighted by Gasteiger charge is 2.24. The molecule has 2 rings (SSSR count). The number of ether oxygens (including phenoxy) is 1. The van der Waals surface area contributed by atoms with Gasteiger partial charge in [0.15, 0.2) is 0 Å². The van der Waals surface area contributed by atoms with Gasteiger partial charge in [0.05, 0.1) is 18.3 Å². The topological polar surface area (TPSA) is 46.5 Å². The van der Waals surface area contributed by atoms with Crippen molar-refractivity contribution in [3.63, 3.8) is 0 Å². The summed E-state index contributed by atoms with van der Waals surface area (Å²) in [5, 5.41) is 10.2. The first-order valence-corrected chi connectivity index (χ1v) is 6.67. The lowest BCUT2D eigenvalue weighted by Crippen LogP contribution is -2.10. The molecule has 1 atom stereocenters. The number of aliphatic hydroxyl groups is 1. The molecule has 0 aliphatic heterocycles. The summed E-state index contributed by atoms with van der Waals surface area (Å²) in [5.41, 5.74) is 1.44. The van der Waals surface area contributed by atoms with Crippen LogP contribution in [0.3, 0.4) is 0 Å². The lowest BCUT2D eigenvalue weighted by atomic mass is 9.94. The molecule has 0 unspecified atom stereocenters. The van der Waals surface area contributed by atoms with E-state index < -0.39 is 6.10 Å². The number of carbonyl (C=O) groups is 1. The fourth-order valence-electron chi connectivity index (χ4n) is 2.58. The van der Waals surface area contributed by atoms with Crippen LogP contribution in [0.15, 0.2) is 24.3 Å². The first kappa shape index (κ1) is 13.1. The fraction of sp³-hybridized carbons (Fsp3) is 0.533. The average Bonchev–Trinajstić information content (AvgIpc) is 2.92. The van der Waals surface area contributed by atoms with Gasteiger partial charge in [-0.1, -0.05) is 25.0 Å². The van der Waals surface area contributed by atoms with E-state index in [1.807, 2.05) is 12.1 Å². The molecule has 98 valence electrons. The largest absolute Gasteiger partial charge is 0.462 e. The van der Waals surface area contributed by atoms with Crippen molar-refractivity contribution in [2.45, 2.75) is 38.7 Å². The Labute approximate surface area is 108 Å². The second-order valence-corrected chi connectivity index (χ2v) is 4.83. The third kappa shape index (κ3) is 2.91. The maximum absolute atomic E-state index is 11.5. The monoisotopic (exact) mass is 248 g/mol. The van der Waals surface area contributed by atoms with E-state index in [2.05, 4.69) is 0 Å². The number of benzene rings is 1. The van der Waals surface area contributed by atoms with Crippen LogP contribution < -0.4 is 0 Å². The summed E-state index contributed by atoms with van der Waals surface area (Å²) < 4.78 is 4.93. The van der Waals surface area contributed by atoms with E-state index in [4.69, 9.17) is 4.74 Å². The van der Waals surface area contributed by atoms with Gasteiger partial charge in [0.1, 0.15) is 0 Å². The number of carbonyl (C=O) groups excluding carboxylic acids is 1. The first-order chi connectivity index (χ1) is 8.72. The second-order valence-electron chi connectivity index (χ2n) is 4.83. The van der Waals surface area contributed by atoms with Crippen LogP contribution >= 0.6 is 0 Å². The highest BCUT2D eigenvalue weighted by atomic mass is 16.5. The van der Waals surface area contributed by atoms with Gasteiger partial charge < -0.3 is 9.84 Å². The van der Waals surface area contributed by atoms with Crippen LogP contribution in [0.2, 0.25) is 0 Å². The summed E-state index contributed by atoms with van der Waals surface area (Å²) >= 11 is 0. The van der Waals surface area contributed by atoms with Crippen LogP contribution in [0, 0.1) is 5.92 Å². The minimum absolute atomic E-state index is 0.306. The van der Waals surface area contributed by atoms with E-state index in [0.29, 0.717) is 18.1 Å². The molecule has 1 fully saturated rings. The van der Waals surface area contributed by atoms with Gasteiger partial charge in [0.2, 0.25) is 0 Å². The zero-order valence-electron chi connectivity index (χ0n) is 10.8. The molecule has 0 heterocycles. The summed E-state index contributed by atoms with van der Waals surface area (Å²) in [6.07, 6.45) is 4.22. The SMILES string of the molecule is CCOC(=O)c1ccc([C@@H](O)C2CCCC2)cc1. The fourth-order valence-corrected chi connectivity index (χ4v) is 2.58. The van der Waals surface area contributed by atoms with Gasteiger partial charge in [0.25, 0.3) is 0 Å². The smallest absolute Gasteiger partial charge is 0.338 e. The van der Waals surface area contributed by atoms with Crippen LogP contribution in [-0.2, 0) is 4.74 Å². The Hall–Kier alpha value is -1.35. The van der Waals surface area contributed by atoms with Crippen LogP contribution in [0.25, 0.3) is 0 Å². The minimum Gasteiger partial charge on any atom is -0.462 e. The number of aliphatic hydroxyl groups excluding tert-OH is 1. The minimum atomic E-state index is -0.399. The summed E-state index contributed by atoms with van der Waals surface area (Å²) in [7, 11) is 0. The van der Waals surface area contributed by atoms with Crippen LogP contribution in [-0.4, -0.2) is 17.7 Å². The van der Waals surface area contributed by atoms with Gasteiger partial charge in [-0.2, -0.15) is 0 Å². The zero-order chi connectivity index (χ0) is 13.0. The molecule has 3 nitrogen and oxygen atoms in total. The Bertz CT molecular complexity index is 391. The molecule has 0 amide bonds. The number of rotatable bonds is 4. The van der Waals surface area contributed by atoms with Crippen LogP contribution in [0.4, 0.5) is 0 Å². The molecule has 1 N–H and O–H groups in total. The van der Waals surface area contributed by atoms with Crippen molar-refractivity contribution in [3.05, 3.63) is 35.4 Å². The highest BCUT2D eigenvalue weighted by Crippen LogP contribution is 2.35. The van der Waals surface area contributed by atoms with Gasteiger partial charge in [-0.25, -0.2) is 4.79 Å². The lowest BCUT2D eigenvalue weighted by Gasteiger charge is -2.18. The Balaban J connectivity index is 2.04. The van der Waals surface area contributed by atoms with Crippen LogP contribution in [0.5, 0.6) is 0 Å². The van der Waals surface area contributed by atoms with E-state index >= 15 is 0 Å². The number of hydrogen-bond acceptors (Lipinski definition) is 3. The Kier molecular flexibility index (Phi) is 4.37. The summed E-state index contributed by atoms with van der Waals surface area (Å²) in [4.78, 5) is 11.5. The first-order valence-electron chi connectivity index (χ1n) is 6.67. The molecule has 1 saturated carbocycles. The van der Waals surface area contributed by atoms with Crippen molar-refractivity contribution in [3.8, 4) is 0 Å². The molecule has 1 aliphatic rings. The Morgan fingerprint density at radius 2 is 1.94 bits per heavy atom. The number of esters is 1. The van der Waals surface area contributed by atoms with Gasteiger partial charge >= 0.3 is 5.97 Å². The van der Waals surface area contributed by atoms with Gasteiger partial charge in [-0.15, -0.1) is 0 Å². The maximum Gasteiger partial charge on any atom is 0.338 e. The van der Waals surface area contributed by atoms with E-state index in [1.165, 1.54) is 12.8 Å². The van der Waals surface area contributed by atoms with Crippen molar-refractivity contribution in [2.24, 2.45) is 5.92 Å². The third-order valence-corrected chi connectivity index (χ3v) is 3.61. The molecular formula is C15H20O3. The molecule has 1 aromatic rings. The summed E-state index contributed by atoms with van der Waals surface area (Å²) in [6.45, 7) is 2.17. The molecule has 18 heavy (non-hydrogen) atoms. The lowest BCUT2D eigenvalue weighted by molar-refractivity contribution is 0.0526. The molecule has 3 heteroatoms. The maximum atomic E-state index is 11.5. The van der Waals surface area contributed by atoms with Gasteiger partial charge in [-0.05, 0) is 43.4 Å². The molecule has 1 aromatic carbocycles. The molecular weight excluding hydrogens is 228 g/mol. The predicted molar refractivity (Wildman–Crippen MR) is 69.3 cm³/mol. The van der Waals surface area contributed by atoms with Crippen molar-refractivity contribution < 1.29 is 14.6 Å². The highest BCUT2D eigenvalue weighted by molar-refractivity contribution is 5.89. The van der Waals surface area contributed by atoms with Crippen molar-refractivity contribution in [1.29, 1.82) is 0 Å². The molecule has 0 radical (unpaired) electrons. The normalized spacial score (nSPS) is 17.7. The zero-order valence-corrected chi connectivity index (χ0v) is 10.8. The van der Waals surface area contributed by atoms with E-state index in [-0.39, 0.29) is 5.97 Å². The predicted octanol–water partition coefficient (Wildman–Crippen LogP) is 3.09. The van der Waals surface area contributed by atoms with Crippen LogP contribution in [0.1, 0.15) is 54.6 Å². The van der Waals surface area contributed by atoms with Crippen molar-refractivity contribution in [1.82, 2.24) is 0 Å². The summed E-state index contributed by atoms with van der Waals surface area (Å²) in [6, 6.07) is 7.11. The van der Waals surface area contributed by atoms with Crippen molar-refractivity contribution >= 4 is 5.97 Å². The Morgan fingerprint density at radius 3 is 2.50 bits per heavy atom. The standard InChI is InChI=1S/C15H20O3/c1-2-18-15(17)13-9-7-12(8-10-13)14(16)11-5-3-4-6-11/h7-11,14,16H,2-6H2,1H3/t14-/m0/s1.